The molecule has 132 valence electrons. The van der Waals surface area contributed by atoms with Gasteiger partial charge in [-0.05, 0) is 46.5 Å². The van der Waals surface area contributed by atoms with Crippen molar-refractivity contribution in [1.29, 1.82) is 0 Å². The van der Waals surface area contributed by atoms with Crippen LogP contribution in [0.4, 0.5) is 4.79 Å². The summed E-state index contributed by atoms with van der Waals surface area (Å²) in [6, 6.07) is 0.0111. The summed E-state index contributed by atoms with van der Waals surface area (Å²) >= 11 is 0. The number of rotatable bonds is 4. The standard InChI is InChI=1S/C15H27N3O5/c1-15(2,3)23-14(21)16-11-7-5-10(6-8-11)13(20)18-17-12(19)9-22-4/h10-11H,5-9H2,1-4H3,(H,16,21)(H,17,19)(H,18,20). The molecule has 0 spiro atoms. The molecule has 23 heavy (non-hydrogen) atoms. The molecule has 0 saturated heterocycles. The summed E-state index contributed by atoms with van der Waals surface area (Å²) in [4.78, 5) is 34.9. The van der Waals surface area contributed by atoms with Gasteiger partial charge in [-0.25, -0.2) is 4.79 Å². The third-order valence-electron chi connectivity index (χ3n) is 3.42. The number of hydrogen-bond acceptors (Lipinski definition) is 5. The molecule has 0 heterocycles. The zero-order valence-corrected chi connectivity index (χ0v) is 14.2. The number of carbonyl (C=O) groups excluding carboxylic acids is 3. The van der Waals surface area contributed by atoms with Crippen molar-refractivity contribution in [2.75, 3.05) is 13.7 Å². The van der Waals surface area contributed by atoms with Crippen LogP contribution in [0.3, 0.4) is 0 Å². The predicted octanol–water partition coefficient (Wildman–Crippen LogP) is 0.864. The van der Waals surface area contributed by atoms with Crippen LogP contribution < -0.4 is 16.2 Å². The van der Waals surface area contributed by atoms with Gasteiger partial charge < -0.3 is 14.8 Å². The Balaban J connectivity index is 2.28. The zero-order chi connectivity index (χ0) is 17.5. The number of carbonyl (C=O) groups is 3. The maximum Gasteiger partial charge on any atom is 0.407 e. The Morgan fingerprint density at radius 2 is 1.65 bits per heavy atom. The van der Waals surface area contributed by atoms with Crippen molar-refractivity contribution in [2.24, 2.45) is 5.92 Å². The van der Waals surface area contributed by atoms with Crippen molar-refractivity contribution < 1.29 is 23.9 Å². The van der Waals surface area contributed by atoms with Crippen molar-refractivity contribution in [3.8, 4) is 0 Å². The predicted molar refractivity (Wildman–Crippen MR) is 83.3 cm³/mol. The highest BCUT2D eigenvalue weighted by molar-refractivity contribution is 5.83. The van der Waals surface area contributed by atoms with Crippen LogP contribution in [0.2, 0.25) is 0 Å². The van der Waals surface area contributed by atoms with Gasteiger partial charge in [0, 0.05) is 19.1 Å². The lowest BCUT2D eigenvalue weighted by atomic mass is 9.85. The van der Waals surface area contributed by atoms with E-state index in [2.05, 4.69) is 20.9 Å². The molecule has 0 aliphatic heterocycles. The molecular formula is C15H27N3O5. The summed E-state index contributed by atoms with van der Waals surface area (Å²) in [7, 11) is 1.40. The molecule has 0 radical (unpaired) electrons. The molecule has 0 aromatic carbocycles. The van der Waals surface area contributed by atoms with E-state index in [1.165, 1.54) is 7.11 Å². The van der Waals surface area contributed by atoms with Gasteiger partial charge in [0.1, 0.15) is 12.2 Å². The van der Waals surface area contributed by atoms with Crippen LogP contribution in [-0.4, -0.2) is 43.3 Å². The minimum absolute atomic E-state index is 0.0111. The average molecular weight is 329 g/mol. The van der Waals surface area contributed by atoms with Crippen LogP contribution in [0.1, 0.15) is 46.5 Å². The molecule has 0 bridgehead atoms. The molecule has 1 aliphatic rings. The van der Waals surface area contributed by atoms with Gasteiger partial charge in [-0.1, -0.05) is 0 Å². The van der Waals surface area contributed by atoms with E-state index < -0.39 is 17.6 Å². The van der Waals surface area contributed by atoms with Crippen molar-refractivity contribution in [3.05, 3.63) is 0 Å². The number of nitrogens with one attached hydrogen (secondary N) is 3. The van der Waals surface area contributed by atoms with E-state index in [0.717, 1.165) is 0 Å². The smallest absolute Gasteiger partial charge is 0.407 e. The van der Waals surface area contributed by atoms with Crippen molar-refractivity contribution in [3.63, 3.8) is 0 Å². The number of hydrogen-bond donors (Lipinski definition) is 3. The van der Waals surface area contributed by atoms with Gasteiger partial charge in [-0.15, -0.1) is 0 Å². The van der Waals surface area contributed by atoms with Gasteiger partial charge in [0.25, 0.3) is 5.91 Å². The lowest BCUT2D eigenvalue weighted by Crippen LogP contribution is -2.48. The van der Waals surface area contributed by atoms with Crippen LogP contribution in [0.15, 0.2) is 0 Å². The Morgan fingerprint density at radius 3 is 2.17 bits per heavy atom. The molecule has 0 aromatic heterocycles. The Labute approximate surface area is 136 Å². The second kappa shape index (κ2) is 8.71. The molecule has 8 heteroatoms. The third kappa shape index (κ3) is 7.83. The van der Waals surface area contributed by atoms with Gasteiger partial charge >= 0.3 is 6.09 Å². The highest BCUT2D eigenvalue weighted by atomic mass is 16.6. The maximum absolute atomic E-state index is 11.9. The van der Waals surface area contributed by atoms with Crippen molar-refractivity contribution >= 4 is 17.9 Å². The molecule has 8 nitrogen and oxygen atoms in total. The van der Waals surface area contributed by atoms with Gasteiger partial charge in [-0.2, -0.15) is 0 Å². The minimum Gasteiger partial charge on any atom is -0.444 e. The van der Waals surface area contributed by atoms with E-state index in [4.69, 9.17) is 4.74 Å². The van der Waals surface area contributed by atoms with Crippen LogP contribution in [0.25, 0.3) is 0 Å². The fourth-order valence-electron chi connectivity index (χ4n) is 2.37. The van der Waals surface area contributed by atoms with E-state index in [0.29, 0.717) is 25.7 Å². The Kier molecular flexibility index (Phi) is 7.28. The number of hydrazine groups is 1. The quantitative estimate of drug-likeness (QED) is 0.664. The maximum atomic E-state index is 11.9. The Morgan fingerprint density at radius 1 is 1.04 bits per heavy atom. The molecule has 1 rings (SSSR count). The van der Waals surface area contributed by atoms with E-state index in [1.54, 1.807) is 0 Å². The van der Waals surface area contributed by atoms with Crippen LogP contribution in [0.5, 0.6) is 0 Å². The summed E-state index contributed by atoms with van der Waals surface area (Å²) in [5.41, 5.74) is 4.16. The van der Waals surface area contributed by atoms with E-state index in [1.807, 2.05) is 20.8 Å². The molecular weight excluding hydrogens is 302 g/mol. The summed E-state index contributed by atoms with van der Waals surface area (Å²) in [6.07, 6.45) is 2.25. The largest absolute Gasteiger partial charge is 0.444 e. The van der Waals surface area contributed by atoms with Crippen molar-refractivity contribution in [1.82, 2.24) is 16.2 Å². The van der Waals surface area contributed by atoms with Crippen molar-refractivity contribution in [2.45, 2.75) is 58.1 Å². The molecule has 3 amide bonds. The SMILES string of the molecule is COCC(=O)NNC(=O)C1CCC(NC(=O)OC(C)(C)C)CC1. The summed E-state index contributed by atoms with van der Waals surface area (Å²) in [5, 5.41) is 2.82. The molecule has 0 atom stereocenters. The number of ether oxygens (including phenoxy) is 2. The first-order valence-electron chi connectivity index (χ1n) is 7.78. The van der Waals surface area contributed by atoms with E-state index in [-0.39, 0.29) is 24.5 Å². The van der Waals surface area contributed by atoms with Gasteiger partial charge in [0.05, 0.1) is 0 Å². The molecule has 1 aliphatic carbocycles. The first kappa shape index (κ1) is 19.2. The number of methoxy groups -OCH3 is 1. The average Bonchev–Trinajstić information content (AvgIpc) is 2.44. The summed E-state index contributed by atoms with van der Waals surface area (Å²) < 4.78 is 9.87. The minimum atomic E-state index is -0.526. The Hall–Kier alpha value is -1.83. The molecule has 1 fully saturated rings. The van der Waals surface area contributed by atoms with E-state index >= 15 is 0 Å². The molecule has 1 saturated carbocycles. The normalized spacial score (nSPS) is 21.2. The first-order valence-corrected chi connectivity index (χ1v) is 7.78. The van der Waals surface area contributed by atoms with E-state index in [9.17, 15) is 14.4 Å². The second-order valence-electron chi connectivity index (χ2n) is 6.67. The van der Waals surface area contributed by atoms with Gasteiger partial charge in [0.15, 0.2) is 0 Å². The van der Waals surface area contributed by atoms with Crippen LogP contribution in [0, 0.1) is 5.92 Å². The third-order valence-corrected chi connectivity index (χ3v) is 3.42. The Bertz CT molecular complexity index is 425. The summed E-state index contributed by atoms with van der Waals surface area (Å²) in [5.74, 6) is -0.791. The van der Waals surface area contributed by atoms with Crippen LogP contribution in [-0.2, 0) is 19.1 Å². The van der Waals surface area contributed by atoms with Crippen LogP contribution >= 0.6 is 0 Å². The van der Waals surface area contributed by atoms with Gasteiger partial charge in [0.2, 0.25) is 5.91 Å². The second-order valence-corrected chi connectivity index (χ2v) is 6.67. The number of amides is 3. The topological polar surface area (TPSA) is 106 Å². The first-order chi connectivity index (χ1) is 10.7. The fourth-order valence-corrected chi connectivity index (χ4v) is 2.37. The monoisotopic (exact) mass is 329 g/mol. The zero-order valence-electron chi connectivity index (χ0n) is 14.2. The molecule has 0 unspecified atom stereocenters. The fraction of sp³-hybridized carbons (Fsp3) is 0.800. The lowest BCUT2D eigenvalue weighted by Gasteiger charge is -2.29. The number of alkyl carbamates (subject to hydrolysis) is 1. The lowest BCUT2D eigenvalue weighted by molar-refractivity contribution is -0.133. The highest BCUT2D eigenvalue weighted by Crippen LogP contribution is 2.24. The molecule has 3 N–H and O–H groups in total. The molecule has 0 aromatic rings. The highest BCUT2D eigenvalue weighted by Gasteiger charge is 2.28. The van der Waals surface area contributed by atoms with Gasteiger partial charge in [-0.3, -0.25) is 20.4 Å². The summed E-state index contributed by atoms with van der Waals surface area (Å²) in [6.45, 7) is 5.33.